The molecule has 1 aliphatic heterocycles. The lowest BCUT2D eigenvalue weighted by molar-refractivity contribution is -0.150. The number of carboxylic acid groups (broad SMARTS) is 2. The molecule has 0 spiro atoms. The lowest BCUT2D eigenvalue weighted by atomic mass is 10.0. The predicted octanol–water partition coefficient (Wildman–Crippen LogP) is 0.122. The molecule has 1 heterocycles. The summed E-state index contributed by atoms with van der Waals surface area (Å²) in [6.45, 7) is 3.97. The van der Waals surface area contributed by atoms with E-state index >= 15 is 0 Å². The molecular weight excluding hydrogens is 456 g/mol. The molecule has 0 aromatic heterocycles. The van der Waals surface area contributed by atoms with Gasteiger partial charge in [0, 0.05) is 13.0 Å². The van der Waals surface area contributed by atoms with E-state index in [1.807, 2.05) is 13.8 Å². The summed E-state index contributed by atoms with van der Waals surface area (Å²) in [6, 6.07) is 4.33. The fourth-order valence-corrected chi connectivity index (χ4v) is 4.09. The van der Waals surface area contributed by atoms with Gasteiger partial charge in [0.25, 0.3) is 0 Å². The van der Waals surface area contributed by atoms with Crippen LogP contribution in [0.1, 0.15) is 45.1 Å². The zero-order valence-corrected chi connectivity index (χ0v) is 20.0. The van der Waals surface area contributed by atoms with Crippen molar-refractivity contribution in [1.82, 2.24) is 15.5 Å². The van der Waals surface area contributed by atoms with E-state index < -0.39 is 60.2 Å². The number of nitrogens with zero attached hydrogens (tertiary/aromatic N) is 1. The van der Waals surface area contributed by atoms with Gasteiger partial charge in [-0.1, -0.05) is 44.2 Å². The molecule has 1 aromatic carbocycles. The SMILES string of the molecule is CC(C)C[C@H](N)C(=O)N[C@@H](Cc1ccccc1)C(=O)N[C@@H](CC(=O)O)C(=O)N1CCC[C@H]1C(=O)O. The van der Waals surface area contributed by atoms with Gasteiger partial charge in [0.2, 0.25) is 17.7 Å². The molecule has 0 bridgehead atoms. The number of hydrogen-bond acceptors (Lipinski definition) is 6. The molecule has 1 aliphatic rings. The number of carbonyl (C=O) groups is 5. The summed E-state index contributed by atoms with van der Waals surface area (Å²) >= 11 is 0. The molecule has 3 amide bonds. The molecule has 192 valence electrons. The van der Waals surface area contributed by atoms with Crippen molar-refractivity contribution in [3.8, 4) is 0 Å². The Kier molecular flexibility index (Phi) is 10.2. The molecule has 1 fully saturated rings. The van der Waals surface area contributed by atoms with Crippen LogP contribution in [0.25, 0.3) is 0 Å². The van der Waals surface area contributed by atoms with Gasteiger partial charge in [0.15, 0.2) is 0 Å². The van der Waals surface area contributed by atoms with Crippen molar-refractivity contribution >= 4 is 29.7 Å². The minimum Gasteiger partial charge on any atom is -0.481 e. The first-order chi connectivity index (χ1) is 16.5. The van der Waals surface area contributed by atoms with Gasteiger partial charge in [-0.3, -0.25) is 19.2 Å². The van der Waals surface area contributed by atoms with Gasteiger partial charge < -0.3 is 31.5 Å². The lowest BCUT2D eigenvalue weighted by Crippen LogP contribution is -2.58. The molecule has 4 atom stereocenters. The third kappa shape index (κ3) is 8.36. The summed E-state index contributed by atoms with van der Waals surface area (Å²) in [5, 5.41) is 23.8. The van der Waals surface area contributed by atoms with Crippen molar-refractivity contribution < 1.29 is 34.2 Å². The highest BCUT2D eigenvalue weighted by Crippen LogP contribution is 2.19. The van der Waals surface area contributed by atoms with E-state index in [-0.39, 0.29) is 25.3 Å². The zero-order valence-electron chi connectivity index (χ0n) is 20.0. The van der Waals surface area contributed by atoms with Gasteiger partial charge in [-0.2, -0.15) is 0 Å². The first-order valence-electron chi connectivity index (χ1n) is 11.6. The van der Waals surface area contributed by atoms with Gasteiger partial charge in [0.1, 0.15) is 18.1 Å². The first kappa shape index (κ1) is 27.8. The average Bonchev–Trinajstić information content (AvgIpc) is 3.28. The monoisotopic (exact) mass is 490 g/mol. The summed E-state index contributed by atoms with van der Waals surface area (Å²) in [4.78, 5) is 62.9. The van der Waals surface area contributed by atoms with Crippen LogP contribution in [-0.4, -0.2) is 75.5 Å². The van der Waals surface area contributed by atoms with Crippen molar-refractivity contribution in [1.29, 1.82) is 0 Å². The molecule has 0 unspecified atom stereocenters. The minimum absolute atomic E-state index is 0.0856. The van der Waals surface area contributed by atoms with Gasteiger partial charge >= 0.3 is 11.9 Å². The van der Waals surface area contributed by atoms with Gasteiger partial charge in [-0.05, 0) is 30.7 Å². The fraction of sp³-hybridized carbons (Fsp3) is 0.542. The van der Waals surface area contributed by atoms with E-state index in [1.165, 1.54) is 0 Å². The van der Waals surface area contributed by atoms with E-state index in [2.05, 4.69) is 10.6 Å². The van der Waals surface area contributed by atoms with Crippen molar-refractivity contribution in [3.05, 3.63) is 35.9 Å². The molecule has 35 heavy (non-hydrogen) atoms. The Morgan fingerprint density at radius 2 is 1.66 bits per heavy atom. The van der Waals surface area contributed by atoms with Crippen molar-refractivity contribution in [2.75, 3.05) is 6.54 Å². The maximum absolute atomic E-state index is 13.2. The molecule has 6 N–H and O–H groups in total. The van der Waals surface area contributed by atoms with Crippen LogP contribution in [0.2, 0.25) is 0 Å². The molecule has 11 nitrogen and oxygen atoms in total. The second kappa shape index (κ2) is 12.8. The van der Waals surface area contributed by atoms with Crippen LogP contribution < -0.4 is 16.4 Å². The van der Waals surface area contributed by atoms with Crippen LogP contribution in [0.15, 0.2) is 30.3 Å². The first-order valence-corrected chi connectivity index (χ1v) is 11.6. The van der Waals surface area contributed by atoms with E-state index in [1.54, 1.807) is 30.3 Å². The molecule has 0 saturated carbocycles. The molecular formula is C24H34N4O7. The van der Waals surface area contributed by atoms with E-state index in [9.17, 15) is 34.2 Å². The van der Waals surface area contributed by atoms with Crippen LogP contribution >= 0.6 is 0 Å². The second-order valence-electron chi connectivity index (χ2n) is 9.17. The number of carbonyl (C=O) groups excluding carboxylic acids is 3. The highest BCUT2D eigenvalue weighted by Gasteiger charge is 2.39. The third-order valence-corrected chi connectivity index (χ3v) is 5.79. The van der Waals surface area contributed by atoms with E-state index in [0.717, 1.165) is 10.5 Å². The van der Waals surface area contributed by atoms with E-state index in [4.69, 9.17) is 5.73 Å². The second-order valence-corrected chi connectivity index (χ2v) is 9.17. The van der Waals surface area contributed by atoms with Crippen LogP contribution in [0.4, 0.5) is 0 Å². The maximum atomic E-state index is 13.2. The zero-order chi connectivity index (χ0) is 26.1. The van der Waals surface area contributed by atoms with Crippen LogP contribution in [0, 0.1) is 5.92 Å². The summed E-state index contributed by atoms with van der Waals surface area (Å²) in [5.41, 5.74) is 6.70. The van der Waals surface area contributed by atoms with E-state index in [0.29, 0.717) is 12.8 Å². The lowest BCUT2D eigenvalue weighted by Gasteiger charge is -2.28. The highest BCUT2D eigenvalue weighted by molar-refractivity contribution is 5.96. The maximum Gasteiger partial charge on any atom is 0.326 e. The number of amides is 3. The molecule has 1 saturated heterocycles. The Morgan fingerprint density at radius 3 is 2.23 bits per heavy atom. The molecule has 11 heteroatoms. The van der Waals surface area contributed by atoms with Crippen LogP contribution in [0.3, 0.4) is 0 Å². The topological polar surface area (TPSA) is 179 Å². The number of likely N-dealkylation sites (tertiary alicyclic amines) is 1. The molecule has 2 rings (SSSR count). The van der Waals surface area contributed by atoms with Gasteiger partial charge in [-0.25, -0.2) is 4.79 Å². The minimum atomic E-state index is -1.49. The quantitative estimate of drug-likeness (QED) is 0.274. The summed E-state index contributed by atoms with van der Waals surface area (Å²) in [5.74, 6) is -4.46. The predicted molar refractivity (Wildman–Crippen MR) is 126 cm³/mol. The summed E-state index contributed by atoms with van der Waals surface area (Å²) in [6.07, 6.45) is 0.456. The summed E-state index contributed by atoms with van der Waals surface area (Å²) in [7, 11) is 0. The number of benzene rings is 1. The average molecular weight is 491 g/mol. The molecule has 0 radical (unpaired) electrons. The molecule has 1 aromatic rings. The van der Waals surface area contributed by atoms with Gasteiger partial charge in [-0.15, -0.1) is 0 Å². The smallest absolute Gasteiger partial charge is 0.326 e. The largest absolute Gasteiger partial charge is 0.481 e. The number of carboxylic acids is 2. The van der Waals surface area contributed by atoms with Crippen molar-refractivity contribution in [3.63, 3.8) is 0 Å². The number of nitrogens with two attached hydrogens (primary N) is 1. The Labute approximate surface area is 204 Å². The highest BCUT2D eigenvalue weighted by atomic mass is 16.4. The van der Waals surface area contributed by atoms with Crippen molar-refractivity contribution in [2.45, 2.75) is 70.1 Å². The molecule has 0 aliphatic carbocycles. The number of nitrogens with one attached hydrogen (secondary N) is 2. The number of rotatable bonds is 12. The fourth-order valence-electron chi connectivity index (χ4n) is 4.09. The Balaban J connectivity index is 2.23. The standard InChI is InChI=1S/C24H34N4O7/c1-14(2)11-16(25)21(31)26-17(12-15-7-4-3-5-8-15)22(32)27-18(13-20(29)30)23(33)28-10-6-9-19(28)24(34)35/h3-5,7-8,14,16-19H,6,9-13,25H2,1-2H3,(H,26,31)(H,27,32)(H,29,30)(H,34,35)/t16-,17-,18-,19-/m0/s1. The Morgan fingerprint density at radius 1 is 1.03 bits per heavy atom. The Bertz CT molecular complexity index is 922. The normalized spacial score (nSPS) is 17.9. The van der Waals surface area contributed by atoms with Gasteiger partial charge in [0.05, 0.1) is 12.5 Å². The number of aliphatic carboxylic acids is 2. The third-order valence-electron chi connectivity index (χ3n) is 5.79. The summed E-state index contributed by atoms with van der Waals surface area (Å²) < 4.78 is 0. The number of hydrogen-bond donors (Lipinski definition) is 5. The van der Waals surface area contributed by atoms with Crippen molar-refractivity contribution in [2.24, 2.45) is 11.7 Å². The van der Waals surface area contributed by atoms with Crippen LogP contribution in [0.5, 0.6) is 0 Å². The van der Waals surface area contributed by atoms with Crippen LogP contribution in [-0.2, 0) is 30.4 Å². The Hall–Kier alpha value is -3.47.